The van der Waals surface area contributed by atoms with Crippen LogP contribution in [-0.4, -0.2) is 31.6 Å². The second-order valence-electron chi connectivity index (χ2n) is 5.07. The van der Waals surface area contributed by atoms with Crippen molar-refractivity contribution >= 4 is 0 Å². The van der Waals surface area contributed by atoms with Gasteiger partial charge in [0.1, 0.15) is 11.6 Å². The van der Waals surface area contributed by atoms with Crippen LogP contribution in [0.25, 0.3) is 0 Å². The molecule has 0 atom stereocenters. The maximum Gasteiger partial charge on any atom is 0.130 e. The summed E-state index contributed by atoms with van der Waals surface area (Å²) in [5.74, 6) is -0.376. The summed E-state index contributed by atoms with van der Waals surface area (Å²) in [5.41, 5.74) is 0.530. The fraction of sp³-hybridized carbons (Fsp3) is 0.571. The third-order valence-electron chi connectivity index (χ3n) is 2.68. The highest BCUT2D eigenvalue weighted by Gasteiger charge is 2.06. The van der Waals surface area contributed by atoms with Gasteiger partial charge >= 0.3 is 0 Å². The standard InChI is InChI=1S/C14H22F2N2/c1-11(2)9-17-6-7-18(3)10-12-4-5-13(15)8-14(12)16/h4-5,8,11,17H,6-7,9-10H2,1-3H3. The van der Waals surface area contributed by atoms with Gasteiger partial charge in [-0.3, -0.25) is 0 Å². The summed E-state index contributed by atoms with van der Waals surface area (Å²) in [5, 5.41) is 3.33. The van der Waals surface area contributed by atoms with E-state index >= 15 is 0 Å². The van der Waals surface area contributed by atoms with Gasteiger partial charge in [0, 0.05) is 31.3 Å². The Morgan fingerprint density at radius 2 is 2.00 bits per heavy atom. The molecule has 0 aliphatic carbocycles. The zero-order valence-corrected chi connectivity index (χ0v) is 11.3. The van der Waals surface area contributed by atoms with E-state index in [0.717, 1.165) is 25.7 Å². The van der Waals surface area contributed by atoms with E-state index in [0.29, 0.717) is 18.0 Å². The maximum atomic E-state index is 13.4. The highest BCUT2D eigenvalue weighted by molar-refractivity contribution is 5.18. The number of nitrogens with one attached hydrogen (secondary N) is 1. The zero-order valence-electron chi connectivity index (χ0n) is 11.3. The predicted molar refractivity (Wildman–Crippen MR) is 70.4 cm³/mol. The smallest absolute Gasteiger partial charge is 0.130 e. The van der Waals surface area contributed by atoms with Crippen molar-refractivity contribution < 1.29 is 8.78 Å². The Balaban J connectivity index is 2.33. The Bertz CT molecular complexity index is 367. The van der Waals surface area contributed by atoms with E-state index in [9.17, 15) is 8.78 Å². The fourth-order valence-electron chi connectivity index (χ4n) is 1.68. The quantitative estimate of drug-likeness (QED) is 0.754. The molecule has 0 saturated heterocycles. The topological polar surface area (TPSA) is 15.3 Å². The summed E-state index contributed by atoms with van der Waals surface area (Å²) < 4.78 is 26.2. The van der Waals surface area contributed by atoms with Crippen molar-refractivity contribution in [1.29, 1.82) is 0 Å². The summed E-state index contributed by atoms with van der Waals surface area (Å²) in [6.45, 7) is 7.50. The average molecular weight is 256 g/mol. The van der Waals surface area contributed by atoms with Crippen LogP contribution >= 0.6 is 0 Å². The Hall–Kier alpha value is -1.00. The van der Waals surface area contributed by atoms with Crippen molar-refractivity contribution in [3.05, 3.63) is 35.4 Å². The first kappa shape index (κ1) is 15.1. The van der Waals surface area contributed by atoms with Crippen molar-refractivity contribution in [1.82, 2.24) is 10.2 Å². The summed E-state index contributed by atoms with van der Waals surface area (Å²) in [6.07, 6.45) is 0. The number of benzene rings is 1. The molecule has 0 aromatic heterocycles. The van der Waals surface area contributed by atoms with Crippen molar-refractivity contribution in [2.75, 3.05) is 26.7 Å². The molecule has 0 saturated carbocycles. The van der Waals surface area contributed by atoms with Gasteiger partial charge in [-0.2, -0.15) is 0 Å². The fourth-order valence-corrected chi connectivity index (χ4v) is 1.68. The van der Waals surface area contributed by atoms with Crippen LogP contribution < -0.4 is 5.32 Å². The van der Waals surface area contributed by atoms with Gasteiger partial charge in [-0.1, -0.05) is 19.9 Å². The van der Waals surface area contributed by atoms with Gasteiger partial charge in [-0.25, -0.2) is 8.78 Å². The second kappa shape index (κ2) is 7.44. The Morgan fingerprint density at radius 1 is 1.28 bits per heavy atom. The number of likely N-dealkylation sites (N-methyl/N-ethyl adjacent to an activating group) is 1. The molecule has 102 valence electrons. The van der Waals surface area contributed by atoms with E-state index in [1.165, 1.54) is 12.1 Å². The van der Waals surface area contributed by atoms with Crippen LogP contribution in [0.2, 0.25) is 0 Å². The van der Waals surface area contributed by atoms with Gasteiger partial charge in [0.2, 0.25) is 0 Å². The maximum absolute atomic E-state index is 13.4. The van der Waals surface area contributed by atoms with Gasteiger partial charge in [0.25, 0.3) is 0 Å². The minimum atomic E-state index is -0.530. The SMILES string of the molecule is CC(C)CNCCN(C)Cc1ccc(F)cc1F. The largest absolute Gasteiger partial charge is 0.315 e. The van der Waals surface area contributed by atoms with E-state index in [4.69, 9.17) is 0 Å². The highest BCUT2D eigenvalue weighted by Crippen LogP contribution is 2.11. The average Bonchev–Trinajstić information content (AvgIpc) is 2.28. The van der Waals surface area contributed by atoms with Gasteiger partial charge < -0.3 is 10.2 Å². The molecular formula is C14H22F2N2. The van der Waals surface area contributed by atoms with E-state index < -0.39 is 11.6 Å². The number of nitrogens with zero attached hydrogens (tertiary/aromatic N) is 1. The predicted octanol–water partition coefficient (Wildman–Crippen LogP) is 2.64. The second-order valence-corrected chi connectivity index (χ2v) is 5.07. The molecule has 0 heterocycles. The van der Waals surface area contributed by atoms with E-state index in [1.54, 1.807) is 0 Å². The molecule has 0 radical (unpaired) electrons. The minimum Gasteiger partial charge on any atom is -0.315 e. The lowest BCUT2D eigenvalue weighted by Crippen LogP contribution is -2.31. The van der Waals surface area contributed by atoms with Crippen LogP contribution in [-0.2, 0) is 6.54 Å². The van der Waals surface area contributed by atoms with Crippen LogP contribution in [0.3, 0.4) is 0 Å². The molecule has 0 aliphatic rings. The molecule has 1 N–H and O–H groups in total. The molecule has 1 aromatic carbocycles. The first-order valence-electron chi connectivity index (χ1n) is 6.32. The van der Waals surface area contributed by atoms with E-state index in [2.05, 4.69) is 19.2 Å². The minimum absolute atomic E-state index is 0.475. The van der Waals surface area contributed by atoms with Gasteiger partial charge in [0.05, 0.1) is 0 Å². The Kier molecular flexibility index (Phi) is 6.22. The lowest BCUT2D eigenvalue weighted by atomic mass is 10.2. The van der Waals surface area contributed by atoms with Crippen molar-refractivity contribution in [3.63, 3.8) is 0 Å². The molecular weight excluding hydrogens is 234 g/mol. The Morgan fingerprint density at radius 3 is 2.61 bits per heavy atom. The highest BCUT2D eigenvalue weighted by atomic mass is 19.1. The van der Waals surface area contributed by atoms with E-state index in [1.807, 2.05) is 11.9 Å². The number of halogens is 2. The van der Waals surface area contributed by atoms with Crippen molar-refractivity contribution in [3.8, 4) is 0 Å². The molecule has 0 spiro atoms. The van der Waals surface area contributed by atoms with Gasteiger partial charge in [0.15, 0.2) is 0 Å². The normalized spacial score (nSPS) is 11.5. The lowest BCUT2D eigenvalue weighted by molar-refractivity contribution is 0.316. The summed E-state index contributed by atoms with van der Waals surface area (Å²) in [7, 11) is 1.93. The Labute approximate surface area is 108 Å². The van der Waals surface area contributed by atoms with Crippen molar-refractivity contribution in [2.45, 2.75) is 20.4 Å². The monoisotopic (exact) mass is 256 g/mol. The third kappa shape index (κ3) is 5.56. The molecule has 0 fully saturated rings. The van der Waals surface area contributed by atoms with Crippen LogP contribution in [0.4, 0.5) is 8.78 Å². The molecule has 0 amide bonds. The summed E-state index contributed by atoms with van der Waals surface area (Å²) in [6, 6.07) is 3.73. The molecule has 4 heteroatoms. The molecule has 0 unspecified atom stereocenters. The first-order valence-corrected chi connectivity index (χ1v) is 6.32. The van der Waals surface area contributed by atoms with E-state index in [-0.39, 0.29) is 0 Å². The molecule has 1 aromatic rings. The van der Waals surface area contributed by atoms with Crippen molar-refractivity contribution in [2.24, 2.45) is 5.92 Å². The third-order valence-corrected chi connectivity index (χ3v) is 2.68. The molecule has 2 nitrogen and oxygen atoms in total. The molecule has 18 heavy (non-hydrogen) atoms. The lowest BCUT2D eigenvalue weighted by Gasteiger charge is -2.18. The number of hydrogen-bond donors (Lipinski definition) is 1. The number of rotatable bonds is 7. The molecule has 1 rings (SSSR count). The molecule has 0 aliphatic heterocycles. The first-order chi connectivity index (χ1) is 8.49. The summed E-state index contributed by atoms with van der Waals surface area (Å²) in [4.78, 5) is 2.02. The zero-order chi connectivity index (χ0) is 13.5. The van der Waals surface area contributed by atoms with Gasteiger partial charge in [-0.15, -0.1) is 0 Å². The molecule has 0 bridgehead atoms. The van der Waals surface area contributed by atoms with Crippen LogP contribution in [0.15, 0.2) is 18.2 Å². The summed E-state index contributed by atoms with van der Waals surface area (Å²) >= 11 is 0. The van der Waals surface area contributed by atoms with Crippen LogP contribution in [0.5, 0.6) is 0 Å². The number of hydrogen-bond acceptors (Lipinski definition) is 2. The van der Waals surface area contributed by atoms with Gasteiger partial charge in [-0.05, 0) is 25.6 Å². The van der Waals surface area contributed by atoms with Crippen LogP contribution in [0.1, 0.15) is 19.4 Å². The van der Waals surface area contributed by atoms with Crippen LogP contribution in [0, 0.1) is 17.6 Å².